The molecule has 0 saturated carbocycles. The number of carbonyl (C=O) groups is 2. The molecule has 0 heterocycles. The van der Waals surface area contributed by atoms with Gasteiger partial charge in [-0.05, 0) is 44.0 Å². The summed E-state index contributed by atoms with van der Waals surface area (Å²) in [7, 11) is -3.58. The lowest BCUT2D eigenvalue weighted by Crippen LogP contribution is -2.27. The van der Waals surface area contributed by atoms with Crippen molar-refractivity contribution >= 4 is 27.3 Å². The van der Waals surface area contributed by atoms with Crippen LogP contribution in [0.3, 0.4) is 0 Å². The summed E-state index contributed by atoms with van der Waals surface area (Å²) >= 11 is 0. The molecule has 2 amide bonds. The fourth-order valence-electron chi connectivity index (χ4n) is 2.90. The minimum atomic E-state index is -3.58. The van der Waals surface area contributed by atoms with E-state index < -0.39 is 15.7 Å². The van der Waals surface area contributed by atoms with Gasteiger partial charge < -0.3 is 15.4 Å². The van der Waals surface area contributed by atoms with Gasteiger partial charge in [-0.3, -0.25) is 9.59 Å². The fraction of sp³-hybridized carbons (Fsp3) is 0.364. The Hall–Kier alpha value is -2.71. The van der Waals surface area contributed by atoms with Crippen molar-refractivity contribution < 1.29 is 22.7 Å². The van der Waals surface area contributed by atoms with Crippen molar-refractivity contribution in [2.45, 2.75) is 31.6 Å². The molecular formula is C22H28N2O5S. The lowest BCUT2D eigenvalue weighted by molar-refractivity contribution is 0.0945. The zero-order chi connectivity index (χ0) is 22.0. The number of sulfone groups is 1. The van der Waals surface area contributed by atoms with Gasteiger partial charge in [0, 0.05) is 19.8 Å². The van der Waals surface area contributed by atoms with Gasteiger partial charge in [-0.1, -0.05) is 31.2 Å². The Balaban J connectivity index is 2.18. The summed E-state index contributed by atoms with van der Waals surface area (Å²) in [6, 6.07) is 12.7. The SMILES string of the molecule is CCCS(=O)(=O)c1ccccc1C(=O)Nc1ccccc1C(=O)NCCCOCC. The summed E-state index contributed by atoms with van der Waals surface area (Å²) in [4.78, 5) is 25.4. The number of amides is 2. The number of para-hydroxylation sites is 1. The van der Waals surface area contributed by atoms with E-state index in [0.717, 1.165) is 0 Å². The first-order valence-corrected chi connectivity index (χ1v) is 11.6. The van der Waals surface area contributed by atoms with Crippen LogP contribution in [0.1, 0.15) is 47.4 Å². The van der Waals surface area contributed by atoms with E-state index in [1.54, 1.807) is 43.3 Å². The van der Waals surface area contributed by atoms with Crippen molar-refractivity contribution in [2.75, 3.05) is 30.8 Å². The van der Waals surface area contributed by atoms with E-state index in [9.17, 15) is 18.0 Å². The third-order valence-corrected chi connectivity index (χ3v) is 6.29. The van der Waals surface area contributed by atoms with Crippen LogP contribution < -0.4 is 10.6 Å². The summed E-state index contributed by atoms with van der Waals surface area (Å²) in [6.07, 6.45) is 1.13. The maximum absolute atomic E-state index is 12.9. The molecule has 2 aromatic rings. The zero-order valence-corrected chi connectivity index (χ0v) is 18.1. The first-order valence-electron chi connectivity index (χ1n) is 9.98. The van der Waals surface area contributed by atoms with Crippen molar-refractivity contribution in [1.82, 2.24) is 5.32 Å². The number of anilines is 1. The van der Waals surface area contributed by atoms with Crippen LogP contribution in [-0.4, -0.2) is 45.7 Å². The molecule has 0 bridgehead atoms. The molecule has 0 aliphatic carbocycles. The van der Waals surface area contributed by atoms with Gasteiger partial charge in [0.15, 0.2) is 9.84 Å². The Morgan fingerprint density at radius 2 is 1.60 bits per heavy atom. The Kier molecular flexibility index (Phi) is 9.01. The highest BCUT2D eigenvalue weighted by Gasteiger charge is 2.22. The number of ether oxygens (including phenoxy) is 1. The largest absolute Gasteiger partial charge is 0.382 e. The first-order chi connectivity index (χ1) is 14.4. The van der Waals surface area contributed by atoms with Crippen LogP contribution in [-0.2, 0) is 14.6 Å². The monoisotopic (exact) mass is 432 g/mol. The number of benzene rings is 2. The third kappa shape index (κ3) is 6.40. The Morgan fingerprint density at radius 3 is 2.30 bits per heavy atom. The number of hydrogen-bond donors (Lipinski definition) is 2. The summed E-state index contributed by atoms with van der Waals surface area (Å²) in [5.74, 6) is -0.950. The molecule has 0 aromatic heterocycles. The standard InChI is InChI=1S/C22H28N2O5S/c1-3-16-30(27,28)20-13-8-6-11-18(20)22(26)24-19-12-7-5-10-17(19)21(25)23-14-9-15-29-4-2/h5-8,10-13H,3-4,9,14-16H2,1-2H3,(H,23,25)(H,24,26). The first kappa shape index (κ1) is 23.6. The molecule has 2 rings (SSSR count). The van der Waals surface area contributed by atoms with Gasteiger partial charge in [0.2, 0.25) is 0 Å². The molecule has 2 aromatic carbocycles. The second-order valence-corrected chi connectivity index (χ2v) is 8.70. The number of carbonyl (C=O) groups excluding carboxylic acids is 2. The maximum atomic E-state index is 12.9. The molecule has 2 N–H and O–H groups in total. The van der Waals surface area contributed by atoms with Crippen molar-refractivity contribution in [3.8, 4) is 0 Å². The van der Waals surface area contributed by atoms with Gasteiger partial charge in [-0.2, -0.15) is 0 Å². The predicted octanol–water partition coefficient (Wildman–Crippen LogP) is 3.28. The van der Waals surface area contributed by atoms with E-state index in [1.165, 1.54) is 12.1 Å². The molecule has 8 heteroatoms. The van der Waals surface area contributed by atoms with Crippen molar-refractivity contribution in [2.24, 2.45) is 0 Å². The second kappa shape index (κ2) is 11.5. The highest BCUT2D eigenvalue weighted by Crippen LogP contribution is 2.21. The topological polar surface area (TPSA) is 102 Å². The normalized spacial score (nSPS) is 11.1. The van der Waals surface area contributed by atoms with Gasteiger partial charge in [0.25, 0.3) is 11.8 Å². The van der Waals surface area contributed by atoms with E-state index >= 15 is 0 Å². The quantitative estimate of drug-likeness (QED) is 0.531. The Labute approximate surface area is 177 Å². The zero-order valence-electron chi connectivity index (χ0n) is 17.3. The second-order valence-electron chi connectivity index (χ2n) is 6.62. The van der Waals surface area contributed by atoms with E-state index in [-0.39, 0.29) is 22.1 Å². The molecule has 7 nitrogen and oxygen atoms in total. The van der Waals surface area contributed by atoms with Crippen molar-refractivity contribution in [1.29, 1.82) is 0 Å². The van der Waals surface area contributed by atoms with Gasteiger partial charge in [-0.15, -0.1) is 0 Å². The Morgan fingerprint density at radius 1 is 0.933 bits per heavy atom. The van der Waals surface area contributed by atoms with E-state index in [1.807, 2.05) is 6.92 Å². The van der Waals surface area contributed by atoms with Crippen LogP contribution in [0.15, 0.2) is 53.4 Å². The van der Waals surface area contributed by atoms with Gasteiger partial charge >= 0.3 is 0 Å². The minimum Gasteiger partial charge on any atom is -0.382 e. The third-order valence-electron chi connectivity index (χ3n) is 4.31. The molecule has 162 valence electrons. The molecule has 0 radical (unpaired) electrons. The van der Waals surface area contributed by atoms with E-state index in [0.29, 0.717) is 43.9 Å². The molecule has 0 aliphatic rings. The molecule has 0 aliphatic heterocycles. The predicted molar refractivity (Wildman–Crippen MR) is 117 cm³/mol. The maximum Gasteiger partial charge on any atom is 0.257 e. The van der Waals surface area contributed by atoms with Gasteiger partial charge in [-0.25, -0.2) is 8.42 Å². The highest BCUT2D eigenvalue weighted by molar-refractivity contribution is 7.91. The molecule has 0 atom stereocenters. The van der Waals surface area contributed by atoms with Crippen LogP contribution in [0.25, 0.3) is 0 Å². The molecule has 0 fully saturated rings. The molecule has 0 spiro atoms. The van der Waals surface area contributed by atoms with Crippen LogP contribution >= 0.6 is 0 Å². The summed E-state index contributed by atoms with van der Waals surface area (Å²) in [5.41, 5.74) is 0.668. The summed E-state index contributed by atoms with van der Waals surface area (Å²) in [5, 5.41) is 5.48. The van der Waals surface area contributed by atoms with Crippen molar-refractivity contribution in [3.05, 3.63) is 59.7 Å². The number of rotatable bonds is 11. The summed E-state index contributed by atoms with van der Waals surface area (Å²) in [6.45, 7) is 5.29. The van der Waals surface area contributed by atoms with Crippen LogP contribution in [0.5, 0.6) is 0 Å². The van der Waals surface area contributed by atoms with Gasteiger partial charge in [0.1, 0.15) is 0 Å². The van der Waals surface area contributed by atoms with Crippen LogP contribution in [0.4, 0.5) is 5.69 Å². The molecular weight excluding hydrogens is 404 g/mol. The number of nitrogens with one attached hydrogen (secondary N) is 2. The summed E-state index contributed by atoms with van der Waals surface area (Å²) < 4.78 is 30.3. The van der Waals surface area contributed by atoms with Gasteiger partial charge in [0.05, 0.1) is 27.5 Å². The molecule has 30 heavy (non-hydrogen) atoms. The smallest absolute Gasteiger partial charge is 0.257 e. The lowest BCUT2D eigenvalue weighted by atomic mass is 10.1. The fourth-order valence-corrected chi connectivity index (χ4v) is 4.44. The number of hydrogen-bond acceptors (Lipinski definition) is 5. The van der Waals surface area contributed by atoms with E-state index in [2.05, 4.69) is 10.6 Å². The minimum absolute atomic E-state index is 0.0118. The van der Waals surface area contributed by atoms with Crippen molar-refractivity contribution in [3.63, 3.8) is 0 Å². The Bertz CT molecular complexity index is 973. The molecule has 0 unspecified atom stereocenters. The average molecular weight is 433 g/mol. The molecule has 0 saturated heterocycles. The van der Waals surface area contributed by atoms with Crippen LogP contribution in [0, 0.1) is 0 Å². The van der Waals surface area contributed by atoms with E-state index in [4.69, 9.17) is 4.74 Å². The lowest BCUT2D eigenvalue weighted by Gasteiger charge is -2.13. The average Bonchev–Trinajstić information content (AvgIpc) is 2.74. The highest BCUT2D eigenvalue weighted by atomic mass is 32.2. The van der Waals surface area contributed by atoms with Crippen LogP contribution in [0.2, 0.25) is 0 Å².